The fourth-order valence-corrected chi connectivity index (χ4v) is 8.41. The van der Waals surface area contributed by atoms with Crippen LogP contribution in [0.4, 0.5) is 0 Å². The van der Waals surface area contributed by atoms with E-state index in [-0.39, 0.29) is 47.1 Å². The Morgan fingerprint density at radius 3 is 2.21 bits per heavy atom. The summed E-state index contributed by atoms with van der Waals surface area (Å²) in [5.74, 6) is 1.99. The van der Waals surface area contributed by atoms with Crippen LogP contribution in [0.15, 0.2) is 47.1 Å². The molecule has 3 heteroatoms. The molecule has 212 valence electrons. The largest absolute Gasteiger partial charge is 0.299 e. The molecule has 0 aromatic heterocycles. The molecule has 0 N–H and O–H groups in total. The van der Waals surface area contributed by atoms with E-state index in [0.29, 0.717) is 17.6 Å². The van der Waals surface area contributed by atoms with Gasteiger partial charge in [-0.05, 0) is 112 Å². The van der Waals surface area contributed by atoms with Crippen molar-refractivity contribution >= 4 is 17.3 Å². The quantitative estimate of drug-likeness (QED) is 0.296. The molecule has 0 aliphatic heterocycles. The summed E-state index contributed by atoms with van der Waals surface area (Å²) in [6.07, 6.45) is 23.8. The van der Waals surface area contributed by atoms with Gasteiger partial charge in [-0.15, -0.1) is 0 Å². The molecule has 3 fully saturated rings. The third-order valence-corrected chi connectivity index (χ3v) is 11.0. The number of Topliss-reactive ketones (excluding diaryl/α,β-unsaturated/α-hetero) is 3. The van der Waals surface area contributed by atoms with Crippen LogP contribution in [0, 0.1) is 53.3 Å². The SMILES string of the molecule is CCC1C=C2CC(C)C(C(=O)C(=O)C3CCC(C)CC3)C2=CC1C(=O)C1CCC(CC2C=CC(C)=CC2)CC1. The van der Waals surface area contributed by atoms with Gasteiger partial charge >= 0.3 is 0 Å². The van der Waals surface area contributed by atoms with Crippen LogP contribution in [0.25, 0.3) is 0 Å². The molecule has 0 radical (unpaired) electrons. The zero-order valence-corrected chi connectivity index (χ0v) is 24.8. The number of hydrogen-bond donors (Lipinski definition) is 0. The summed E-state index contributed by atoms with van der Waals surface area (Å²) in [6, 6.07) is 0. The molecule has 5 aliphatic rings. The third-order valence-electron chi connectivity index (χ3n) is 11.0. The highest BCUT2D eigenvalue weighted by Crippen LogP contribution is 2.48. The van der Waals surface area contributed by atoms with Crippen LogP contribution < -0.4 is 0 Å². The van der Waals surface area contributed by atoms with Crippen molar-refractivity contribution in [3.63, 3.8) is 0 Å². The first-order chi connectivity index (χ1) is 18.7. The molecule has 5 aliphatic carbocycles. The first-order valence-corrected chi connectivity index (χ1v) is 16.1. The van der Waals surface area contributed by atoms with Crippen molar-refractivity contribution in [3.05, 3.63) is 47.1 Å². The van der Waals surface area contributed by atoms with Gasteiger partial charge < -0.3 is 0 Å². The number of fused-ring (bicyclic) bond motifs is 1. The number of carbonyl (C=O) groups is 3. The van der Waals surface area contributed by atoms with Gasteiger partial charge in [-0.25, -0.2) is 0 Å². The van der Waals surface area contributed by atoms with E-state index in [9.17, 15) is 14.4 Å². The standard InChI is InChI=1S/C36H50O3/c1-5-27-20-30-18-24(4)33(36(39)35(38)29-14-8-23(3)9-15-29)31(30)21-32(27)34(37)28-16-12-26(13-17-28)19-25-10-6-22(2)7-11-25/h6-7,10,20-21,23-29,32-33H,5,8-9,11-19H2,1-4H3. The van der Waals surface area contributed by atoms with Crippen molar-refractivity contribution in [2.45, 2.75) is 105 Å². The second-order valence-electron chi connectivity index (χ2n) is 13.9. The number of ketones is 3. The first-order valence-electron chi connectivity index (χ1n) is 16.1. The Morgan fingerprint density at radius 1 is 0.872 bits per heavy atom. The van der Waals surface area contributed by atoms with Crippen LogP contribution in [-0.4, -0.2) is 17.3 Å². The lowest BCUT2D eigenvalue weighted by molar-refractivity contribution is -0.141. The van der Waals surface area contributed by atoms with Crippen LogP contribution in [-0.2, 0) is 14.4 Å². The highest BCUT2D eigenvalue weighted by molar-refractivity contribution is 6.39. The van der Waals surface area contributed by atoms with Gasteiger partial charge in [0.15, 0.2) is 0 Å². The molecule has 0 spiro atoms. The summed E-state index contributed by atoms with van der Waals surface area (Å²) >= 11 is 0. The Hall–Kier alpha value is -2.03. The van der Waals surface area contributed by atoms with Gasteiger partial charge in [0.05, 0.1) is 5.92 Å². The second-order valence-corrected chi connectivity index (χ2v) is 13.9. The molecule has 0 saturated heterocycles. The third kappa shape index (κ3) is 6.18. The molecule has 5 atom stereocenters. The normalized spacial score (nSPS) is 38.4. The number of allylic oxidation sites excluding steroid dienone is 8. The van der Waals surface area contributed by atoms with Crippen LogP contribution in [0.1, 0.15) is 105 Å². The maximum absolute atomic E-state index is 14.0. The molecule has 3 nitrogen and oxygen atoms in total. The zero-order chi connectivity index (χ0) is 27.7. The van der Waals surface area contributed by atoms with E-state index in [1.807, 2.05) is 0 Å². The summed E-state index contributed by atoms with van der Waals surface area (Å²) in [4.78, 5) is 40.9. The topological polar surface area (TPSA) is 51.2 Å². The number of rotatable bonds is 8. The van der Waals surface area contributed by atoms with Gasteiger partial charge in [0.2, 0.25) is 11.6 Å². The van der Waals surface area contributed by atoms with E-state index in [1.54, 1.807) is 0 Å². The van der Waals surface area contributed by atoms with Gasteiger partial charge in [-0.2, -0.15) is 0 Å². The van der Waals surface area contributed by atoms with Crippen LogP contribution in [0.5, 0.6) is 0 Å². The molecule has 0 amide bonds. The van der Waals surface area contributed by atoms with Crippen LogP contribution in [0.3, 0.4) is 0 Å². The van der Waals surface area contributed by atoms with Crippen molar-refractivity contribution < 1.29 is 14.4 Å². The lowest BCUT2D eigenvalue weighted by Gasteiger charge is -2.34. The second kappa shape index (κ2) is 12.2. The minimum Gasteiger partial charge on any atom is -0.299 e. The van der Waals surface area contributed by atoms with E-state index < -0.39 is 0 Å². The average Bonchev–Trinajstić information content (AvgIpc) is 3.27. The Bertz CT molecular complexity index is 1070. The van der Waals surface area contributed by atoms with E-state index in [2.05, 4.69) is 58.1 Å². The molecule has 0 aromatic carbocycles. The molecule has 39 heavy (non-hydrogen) atoms. The Morgan fingerprint density at radius 2 is 1.56 bits per heavy atom. The predicted octanol–water partition coefficient (Wildman–Crippen LogP) is 8.40. The highest BCUT2D eigenvalue weighted by atomic mass is 16.2. The predicted molar refractivity (Wildman–Crippen MR) is 158 cm³/mol. The fourth-order valence-electron chi connectivity index (χ4n) is 8.41. The lowest BCUT2D eigenvalue weighted by atomic mass is 9.69. The summed E-state index contributed by atoms with van der Waals surface area (Å²) < 4.78 is 0. The van der Waals surface area contributed by atoms with Gasteiger partial charge in [0, 0.05) is 17.8 Å². The minimum absolute atomic E-state index is 0.0988. The maximum atomic E-state index is 14.0. The van der Waals surface area contributed by atoms with Crippen molar-refractivity contribution in [1.82, 2.24) is 0 Å². The first kappa shape index (κ1) is 28.5. The van der Waals surface area contributed by atoms with Gasteiger partial charge in [-0.1, -0.05) is 69.6 Å². The zero-order valence-electron chi connectivity index (χ0n) is 24.8. The number of carbonyl (C=O) groups excluding carboxylic acids is 3. The summed E-state index contributed by atoms with van der Waals surface area (Å²) in [5, 5.41) is 0. The van der Waals surface area contributed by atoms with E-state index in [1.165, 1.54) is 17.6 Å². The summed E-state index contributed by atoms with van der Waals surface area (Å²) in [6.45, 7) is 8.72. The molecule has 5 rings (SSSR count). The van der Waals surface area contributed by atoms with E-state index in [4.69, 9.17) is 0 Å². The fraction of sp³-hybridized carbons (Fsp3) is 0.694. The monoisotopic (exact) mass is 530 g/mol. The van der Waals surface area contributed by atoms with Crippen LogP contribution in [0.2, 0.25) is 0 Å². The minimum atomic E-state index is -0.354. The molecule has 3 saturated carbocycles. The van der Waals surface area contributed by atoms with E-state index >= 15 is 0 Å². The molecule has 0 aromatic rings. The summed E-state index contributed by atoms with van der Waals surface area (Å²) in [7, 11) is 0. The maximum Gasteiger partial charge on any atom is 0.206 e. The molecule has 0 bridgehead atoms. The molecule has 0 heterocycles. The average molecular weight is 531 g/mol. The molecular weight excluding hydrogens is 480 g/mol. The van der Waals surface area contributed by atoms with Crippen molar-refractivity contribution in [2.75, 3.05) is 0 Å². The molecular formula is C36H50O3. The van der Waals surface area contributed by atoms with Gasteiger partial charge in [-0.3, -0.25) is 14.4 Å². The highest BCUT2D eigenvalue weighted by Gasteiger charge is 2.45. The van der Waals surface area contributed by atoms with Crippen molar-refractivity contribution in [3.8, 4) is 0 Å². The lowest BCUT2D eigenvalue weighted by Crippen LogP contribution is -2.35. The van der Waals surface area contributed by atoms with Crippen molar-refractivity contribution in [1.29, 1.82) is 0 Å². The summed E-state index contributed by atoms with van der Waals surface area (Å²) in [5.41, 5.74) is 3.63. The van der Waals surface area contributed by atoms with Gasteiger partial charge in [0.25, 0.3) is 0 Å². The Balaban J connectivity index is 1.25. The van der Waals surface area contributed by atoms with Gasteiger partial charge in [0.1, 0.15) is 5.78 Å². The Kier molecular flexibility index (Phi) is 8.94. The smallest absolute Gasteiger partial charge is 0.206 e. The number of hydrogen-bond acceptors (Lipinski definition) is 3. The molecule has 5 unspecified atom stereocenters. The Labute approximate surface area is 236 Å². The van der Waals surface area contributed by atoms with Crippen LogP contribution >= 0.6 is 0 Å². The van der Waals surface area contributed by atoms with E-state index in [0.717, 1.165) is 82.1 Å². The van der Waals surface area contributed by atoms with Crippen molar-refractivity contribution in [2.24, 2.45) is 53.3 Å².